The molecule has 120 valence electrons. The molecule has 0 aliphatic rings. The number of tetrazole rings is 1. The van der Waals surface area contributed by atoms with E-state index in [-0.39, 0.29) is 12.4 Å². The first-order valence-corrected chi connectivity index (χ1v) is 12.0. The fraction of sp³-hybridized carbons (Fsp3) is 0.500. The summed E-state index contributed by atoms with van der Waals surface area (Å²) < 4.78 is 9.31. The Morgan fingerprint density at radius 2 is 1.77 bits per heavy atom. The van der Waals surface area contributed by atoms with E-state index in [1.54, 1.807) is 0 Å². The monoisotopic (exact) mass is 432 g/mol. The highest BCUT2D eigenvalue weighted by Gasteiger charge is 2.13. The van der Waals surface area contributed by atoms with Crippen LogP contribution in [0.3, 0.4) is 0 Å². The maximum Gasteiger partial charge on any atom is 0.366 e. The highest BCUT2D eigenvalue weighted by Crippen LogP contribution is 2.08. The van der Waals surface area contributed by atoms with Gasteiger partial charge in [0.1, 0.15) is 6.73 Å². The van der Waals surface area contributed by atoms with Crippen molar-refractivity contribution >= 4 is 30.7 Å². The molecule has 1 aromatic heterocycles. The molecule has 6 nitrogen and oxygen atoms in total. The van der Waals surface area contributed by atoms with Crippen LogP contribution in [0.1, 0.15) is 5.56 Å². The highest BCUT2D eigenvalue weighted by atomic mass is 127. The summed E-state index contributed by atoms with van der Waals surface area (Å²) in [6.45, 7) is 8.12. The number of hydrogen-bond acceptors (Lipinski definition) is 4. The van der Waals surface area contributed by atoms with Crippen LogP contribution in [0.25, 0.3) is 0 Å². The van der Waals surface area contributed by atoms with Crippen LogP contribution in [0.4, 0.5) is 0 Å². The van der Waals surface area contributed by atoms with Crippen molar-refractivity contribution in [3.05, 3.63) is 43.9 Å². The molecule has 8 heteroatoms. The molecule has 2 rings (SSSR count). The number of benzene rings is 1. The summed E-state index contributed by atoms with van der Waals surface area (Å²) in [5, 5.41) is 7.77. The van der Waals surface area contributed by atoms with E-state index in [1.165, 1.54) is 9.36 Å². The van der Waals surface area contributed by atoms with Gasteiger partial charge >= 0.3 is 5.69 Å². The molecule has 0 N–H and O–H groups in total. The van der Waals surface area contributed by atoms with Crippen LogP contribution in [0.2, 0.25) is 25.7 Å². The van der Waals surface area contributed by atoms with E-state index in [1.807, 2.05) is 24.3 Å². The van der Waals surface area contributed by atoms with Crippen molar-refractivity contribution in [2.24, 2.45) is 0 Å². The van der Waals surface area contributed by atoms with Gasteiger partial charge < -0.3 is 4.74 Å². The summed E-state index contributed by atoms with van der Waals surface area (Å²) in [4.78, 5) is 12.2. The van der Waals surface area contributed by atoms with Gasteiger partial charge in [0, 0.05) is 18.3 Å². The lowest BCUT2D eigenvalue weighted by Crippen LogP contribution is -2.27. The Kier molecular flexibility index (Phi) is 5.92. The van der Waals surface area contributed by atoms with E-state index in [0.29, 0.717) is 13.2 Å². The van der Waals surface area contributed by atoms with E-state index in [9.17, 15) is 4.79 Å². The number of hydrogen-bond donors (Lipinski definition) is 0. The van der Waals surface area contributed by atoms with Gasteiger partial charge in [-0.05, 0) is 56.8 Å². The predicted octanol–water partition coefficient (Wildman–Crippen LogP) is 2.41. The second-order valence-electron chi connectivity index (χ2n) is 6.39. The normalized spacial score (nSPS) is 11.8. The van der Waals surface area contributed by atoms with Gasteiger partial charge in [-0.1, -0.05) is 31.8 Å². The molecule has 0 saturated heterocycles. The van der Waals surface area contributed by atoms with Crippen molar-refractivity contribution < 1.29 is 4.74 Å². The first-order chi connectivity index (χ1) is 10.3. The molecule has 22 heavy (non-hydrogen) atoms. The largest absolute Gasteiger partial charge is 0.366 e. The molecule has 2 aromatic rings. The average molecular weight is 432 g/mol. The van der Waals surface area contributed by atoms with Crippen LogP contribution >= 0.6 is 22.6 Å². The third kappa shape index (κ3) is 5.32. The molecule has 0 saturated carbocycles. The summed E-state index contributed by atoms with van der Waals surface area (Å²) in [5.74, 6) is 0. The molecular weight excluding hydrogens is 411 g/mol. The maximum absolute atomic E-state index is 12.2. The van der Waals surface area contributed by atoms with Crippen LogP contribution < -0.4 is 5.69 Å². The quantitative estimate of drug-likeness (QED) is 0.383. The fourth-order valence-electron chi connectivity index (χ4n) is 1.78. The Labute approximate surface area is 144 Å². The lowest BCUT2D eigenvalue weighted by Gasteiger charge is -2.14. The van der Waals surface area contributed by atoms with Gasteiger partial charge in [-0.25, -0.2) is 4.79 Å². The Bertz CT molecular complexity index is 661. The summed E-state index contributed by atoms with van der Waals surface area (Å²) in [5.41, 5.74) is 0.778. The van der Waals surface area contributed by atoms with Gasteiger partial charge in [0.15, 0.2) is 0 Å². The van der Waals surface area contributed by atoms with Gasteiger partial charge in [-0.3, -0.25) is 0 Å². The fourth-order valence-corrected chi connectivity index (χ4v) is 2.90. The first kappa shape index (κ1) is 17.4. The number of rotatable bonds is 7. The third-order valence-corrected chi connectivity index (χ3v) is 5.58. The van der Waals surface area contributed by atoms with Gasteiger partial charge in [0.05, 0.1) is 6.54 Å². The average Bonchev–Trinajstić information content (AvgIpc) is 2.78. The minimum absolute atomic E-state index is 0.163. The SMILES string of the molecule is C[Si](C)(C)CCOCn1nnn(Cc2ccc(I)cc2)c1=O. The molecule has 0 radical (unpaired) electrons. The van der Waals surface area contributed by atoms with Crippen LogP contribution in [-0.4, -0.2) is 34.5 Å². The Hall–Kier alpha value is -1.00. The molecule has 0 spiro atoms. The minimum atomic E-state index is -1.11. The molecule has 0 aliphatic carbocycles. The van der Waals surface area contributed by atoms with Crippen molar-refractivity contribution in [3.63, 3.8) is 0 Å². The molecular formula is C14H21IN4O2Si. The van der Waals surface area contributed by atoms with E-state index in [2.05, 4.69) is 52.7 Å². The van der Waals surface area contributed by atoms with Crippen molar-refractivity contribution in [3.8, 4) is 0 Å². The standard InChI is InChI=1S/C14H21IN4O2Si/c1-22(2,3)9-8-21-11-19-14(20)18(16-17-19)10-12-4-6-13(15)7-5-12/h4-7H,8-11H2,1-3H3. The third-order valence-electron chi connectivity index (χ3n) is 3.15. The smallest absolute Gasteiger partial charge is 0.359 e. The Balaban J connectivity index is 1.92. The predicted molar refractivity (Wildman–Crippen MR) is 96.6 cm³/mol. The topological polar surface area (TPSA) is 61.9 Å². The number of nitrogens with zero attached hydrogens (tertiary/aromatic N) is 4. The summed E-state index contributed by atoms with van der Waals surface area (Å²) >= 11 is 2.25. The number of ether oxygens (including phenoxy) is 1. The zero-order chi connectivity index (χ0) is 16.2. The van der Waals surface area contributed by atoms with Crippen molar-refractivity contribution in [2.75, 3.05) is 6.61 Å². The van der Waals surface area contributed by atoms with Gasteiger partial charge in [0.25, 0.3) is 0 Å². The van der Waals surface area contributed by atoms with Crippen LogP contribution in [0, 0.1) is 3.57 Å². The molecule has 1 aromatic carbocycles. The van der Waals surface area contributed by atoms with Gasteiger partial charge in [-0.15, -0.1) is 0 Å². The second kappa shape index (κ2) is 7.51. The Morgan fingerprint density at radius 3 is 2.41 bits per heavy atom. The highest BCUT2D eigenvalue weighted by molar-refractivity contribution is 14.1. The molecule has 0 atom stereocenters. The summed E-state index contributed by atoms with van der Waals surface area (Å²) in [6, 6.07) is 9.05. The molecule has 0 unspecified atom stereocenters. The lowest BCUT2D eigenvalue weighted by atomic mass is 10.2. The molecule has 0 aliphatic heterocycles. The number of halogens is 1. The van der Waals surface area contributed by atoms with E-state index < -0.39 is 8.07 Å². The lowest BCUT2D eigenvalue weighted by molar-refractivity contribution is 0.0747. The summed E-state index contributed by atoms with van der Waals surface area (Å²) in [6.07, 6.45) is 0. The van der Waals surface area contributed by atoms with Crippen LogP contribution in [0.5, 0.6) is 0 Å². The minimum Gasteiger partial charge on any atom is -0.359 e. The van der Waals surface area contributed by atoms with Crippen LogP contribution in [-0.2, 0) is 18.0 Å². The summed E-state index contributed by atoms with van der Waals surface area (Å²) in [7, 11) is -1.11. The maximum atomic E-state index is 12.2. The van der Waals surface area contributed by atoms with E-state index >= 15 is 0 Å². The van der Waals surface area contributed by atoms with Crippen molar-refractivity contribution in [1.82, 2.24) is 19.8 Å². The first-order valence-electron chi connectivity index (χ1n) is 7.18. The van der Waals surface area contributed by atoms with E-state index in [4.69, 9.17) is 4.74 Å². The van der Waals surface area contributed by atoms with Gasteiger partial charge in [0.2, 0.25) is 0 Å². The molecule has 0 bridgehead atoms. The molecule has 0 amide bonds. The zero-order valence-corrected chi connectivity index (χ0v) is 16.3. The Morgan fingerprint density at radius 1 is 1.14 bits per heavy atom. The van der Waals surface area contributed by atoms with Gasteiger partial charge in [-0.2, -0.15) is 9.36 Å². The van der Waals surface area contributed by atoms with Crippen molar-refractivity contribution in [2.45, 2.75) is 39.0 Å². The van der Waals surface area contributed by atoms with Crippen LogP contribution in [0.15, 0.2) is 29.1 Å². The van der Waals surface area contributed by atoms with Crippen molar-refractivity contribution in [1.29, 1.82) is 0 Å². The molecule has 0 fully saturated rings. The molecule has 1 heterocycles. The zero-order valence-electron chi connectivity index (χ0n) is 13.1. The second-order valence-corrected chi connectivity index (χ2v) is 13.3. The number of aromatic nitrogens is 4. The van der Waals surface area contributed by atoms with E-state index in [0.717, 1.165) is 15.2 Å².